The molecule has 1 aliphatic rings. The van der Waals surface area contributed by atoms with Crippen molar-refractivity contribution >= 4 is 11.9 Å². The molecule has 1 fully saturated rings. The Morgan fingerprint density at radius 1 is 1.31 bits per heavy atom. The van der Waals surface area contributed by atoms with E-state index in [4.69, 9.17) is 13.6 Å². The second-order valence-corrected chi connectivity index (χ2v) is 6.30. The molecular formula is C18H23N3O5. The highest BCUT2D eigenvalue weighted by atomic mass is 16.5. The number of esters is 1. The Morgan fingerprint density at radius 2 is 2.08 bits per heavy atom. The molecule has 3 rings (SSSR count). The Balaban J connectivity index is 1.47. The highest BCUT2D eigenvalue weighted by molar-refractivity contribution is 5.77. The molecule has 2 aromatic heterocycles. The number of hydrogen-bond acceptors (Lipinski definition) is 7. The summed E-state index contributed by atoms with van der Waals surface area (Å²) in [6.07, 6.45) is 3.55. The van der Waals surface area contributed by atoms with Crippen LogP contribution in [0.4, 0.5) is 0 Å². The largest absolute Gasteiger partial charge is 0.469 e. The van der Waals surface area contributed by atoms with Crippen molar-refractivity contribution in [2.75, 3.05) is 19.7 Å². The minimum Gasteiger partial charge on any atom is -0.469 e. The van der Waals surface area contributed by atoms with Gasteiger partial charge in [-0.1, -0.05) is 0 Å². The highest BCUT2D eigenvalue weighted by Crippen LogP contribution is 2.23. The minimum atomic E-state index is -0.160. The van der Waals surface area contributed by atoms with E-state index in [0.717, 1.165) is 5.56 Å². The summed E-state index contributed by atoms with van der Waals surface area (Å²) in [5.41, 5.74) is 0.760. The minimum absolute atomic E-state index is 0.0338. The average molecular weight is 361 g/mol. The first-order valence-electron chi connectivity index (χ1n) is 8.89. The molecule has 1 amide bonds. The molecule has 0 saturated carbocycles. The zero-order valence-corrected chi connectivity index (χ0v) is 15.1. The lowest BCUT2D eigenvalue weighted by Crippen LogP contribution is -2.40. The normalized spacial score (nSPS) is 15.2. The summed E-state index contributed by atoms with van der Waals surface area (Å²) in [5, 5.41) is 8.00. The number of furan rings is 1. The summed E-state index contributed by atoms with van der Waals surface area (Å²) in [5.74, 6) is 1.31. The summed E-state index contributed by atoms with van der Waals surface area (Å²) < 4.78 is 15.9. The van der Waals surface area contributed by atoms with Crippen LogP contribution in [0.25, 0.3) is 11.5 Å². The number of carbonyl (C=O) groups excluding carboxylic acids is 2. The van der Waals surface area contributed by atoms with Crippen LogP contribution >= 0.6 is 0 Å². The van der Waals surface area contributed by atoms with Crippen LogP contribution in [0.2, 0.25) is 0 Å². The standard InChI is InChI=1S/C18H23N3O5/c1-3-24-18(23)13-6-9-21(10-7-13)16(22)5-4-15-19-20-17(26-15)14-8-11-25-12(14)2/h8,11,13H,3-7,9-10H2,1-2H3. The number of carbonyl (C=O) groups is 2. The van der Waals surface area contributed by atoms with Crippen molar-refractivity contribution in [3.05, 3.63) is 24.0 Å². The van der Waals surface area contributed by atoms with Gasteiger partial charge >= 0.3 is 5.97 Å². The van der Waals surface area contributed by atoms with Crippen molar-refractivity contribution in [3.8, 4) is 11.5 Å². The van der Waals surface area contributed by atoms with E-state index < -0.39 is 0 Å². The van der Waals surface area contributed by atoms with Crippen molar-refractivity contribution < 1.29 is 23.2 Å². The molecule has 0 aromatic carbocycles. The van der Waals surface area contributed by atoms with Crippen molar-refractivity contribution in [3.63, 3.8) is 0 Å². The summed E-state index contributed by atoms with van der Waals surface area (Å²) >= 11 is 0. The molecule has 0 spiro atoms. The lowest BCUT2D eigenvalue weighted by Gasteiger charge is -2.30. The van der Waals surface area contributed by atoms with Gasteiger partial charge in [0.1, 0.15) is 5.76 Å². The predicted molar refractivity (Wildman–Crippen MR) is 91.0 cm³/mol. The van der Waals surface area contributed by atoms with Gasteiger partial charge in [-0.3, -0.25) is 9.59 Å². The number of aryl methyl sites for hydroxylation is 2. The number of hydrogen-bond donors (Lipinski definition) is 0. The quantitative estimate of drug-likeness (QED) is 0.728. The van der Waals surface area contributed by atoms with Crippen LogP contribution in [-0.2, 0) is 20.7 Å². The molecule has 8 nitrogen and oxygen atoms in total. The molecule has 26 heavy (non-hydrogen) atoms. The monoisotopic (exact) mass is 361 g/mol. The highest BCUT2D eigenvalue weighted by Gasteiger charge is 2.28. The number of rotatable bonds is 6. The fourth-order valence-electron chi connectivity index (χ4n) is 3.07. The maximum atomic E-state index is 12.4. The summed E-state index contributed by atoms with van der Waals surface area (Å²) in [6.45, 7) is 5.16. The van der Waals surface area contributed by atoms with Gasteiger partial charge in [0, 0.05) is 25.9 Å². The molecule has 3 heterocycles. The van der Waals surface area contributed by atoms with Gasteiger partial charge in [0.25, 0.3) is 5.89 Å². The predicted octanol–water partition coefficient (Wildman–Crippen LogP) is 2.37. The number of aromatic nitrogens is 2. The first-order chi connectivity index (χ1) is 12.6. The maximum absolute atomic E-state index is 12.4. The van der Waals surface area contributed by atoms with Crippen LogP contribution in [0.1, 0.15) is 37.8 Å². The Morgan fingerprint density at radius 3 is 2.73 bits per heavy atom. The molecule has 0 aliphatic carbocycles. The number of ether oxygens (including phenoxy) is 1. The fourth-order valence-corrected chi connectivity index (χ4v) is 3.07. The molecule has 0 N–H and O–H groups in total. The van der Waals surface area contributed by atoms with Gasteiger partial charge in [-0.2, -0.15) is 0 Å². The summed E-state index contributed by atoms with van der Waals surface area (Å²) in [4.78, 5) is 25.9. The first kappa shape index (κ1) is 18.2. The lowest BCUT2D eigenvalue weighted by molar-refractivity contribution is -0.151. The number of likely N-dealkylation sites (tertiary alicyclic amines) is 1. The molecule has 1 aliphatic heterocycles. The van der Waals surface area contributed by atoms with Crippen LogP contribution in [-0.4, -0.2) is 46.7 Å². The SMILES string of the molecule is CCOC(=O)C1CCN(C(=O)CCc2nnc(-c3ccoc3C)o2)CC1. The molecule has 8 heteroatoms. The molecule has 0 atom stereocenters. The number of nitrogens with zero attached hydrogens (tertiary/aromatic N) is 3. The molecule has 0 unspecified atom stereocenters. The third-order valence-corrected chi connectivity index (χ3v) is 4.58. The van der Waals surface area contributed by atoms with Gasteiger partial charge in [-0.25, -0.2) is 0 Å². The Kier molecular flexibility index (Phi) is 5.70. The van der Waals surface area contributed by atoms with E-state index in [1.165, 1.54) is 0 Å². The van der Waals surface area contributed by atoms with Crippen molar-refractivity contribution in [2.45, 2.75) is 39.5 Å². The second-order valence-electron chi connectivity index (χ2n) is 6.30. The van der Waals surface area contributed by atoms with Gasteiger partial charge in [0.05, 0.1) is 24.4 Å². The second kappa shape index (κ2) is 8.16. The summed E-state index contributed by atoms with van der Waals surface area (Å²) in [6, 6.07) is 1.77. The molecule has 1 saturated heterocycles. The average Bonchev–Trinajstić information content (AvgIpc) is 3.28. The number of piperidine rings is 1. The smallest absolute Gasteiger partial charge is 0.309 e. The molecule has 140 valence electrons. The Hall–Kier alpha value is -2.64. The van der Waals surface area contributed by atoms with E-state index in [2.05, 4.69) is 10.2 Å². The van der Waals surface area contributed by atoms with E-state index in [0.29, 0.717) is 62.9 Å². The van der Waals surface area contributed by atoms with Crippen LogP contribution in [0, 0.1) is 12.8 Å². The van der Waals surface area contributed by atoms with Crippen LogP contribution < -0.4 is 0 Å². The Labute approximate surface area is 151 Å². The lowest BCUT2D eigenvalue weighted by atomic mass is 9.97. The molecule has 0 radical (unpaired) electrons. The van der Waals surface area contributed by atoms with Gasteiger partial charge < -0.3 is 18.5 Å². The summed E-state index contributed by atoms with van der Waals surface area (Å²) in [7, 11) is 0. The van der Waals surface area contributed by atoms with Gasteiger partial charge in [-0.05, 0) is 32.8 Å². The van der Waals surface area contributed by atoms with E-state index in [1.54, 1.807) is 24.2 Å². The number of amides is 1. The van der Waals surface area contributed by atoms with E-state index in [1.807, 2.05) is 6.92 Å². The van der Waals surface area contributed by atoms with Gasteiger partial charge in [-0.15, -0.1) is 10.2 Å². The fraction of sp³-hybridized carbons (Fsp3) is 0.556. The third kappa shape index (κ3) is 4.12. The molecule has 2 aromatic rings. The van der Waals surface area contributed by atoms with Crippen LogP contribution in [0.5, 0.6) is 0 Å². The van der Waals surface area contributed by atoms with Crippen LogP contribution in [0.15, 0.2) is 21.2 Å². The Bertz CT molecular complexity index is 758. The van der Waals surface area contributed by atoms with Crippen LogP contribution in [0.3, 0.4) is 0 Å². The maximum Gasteiger partial charge on any atom is 0.309 e. The van der Waals surface area contributed by atoms with Crippen molar-refractivity contribution in [2.24, 2.45) is 5.92 Å². The van der Waals surface area contributed by atoms with Crippen molar-refractivity contribution in [1.82, 2.24) is 15.1 Å². The van der Waals surface area contributed by atoms with E-state index >= 15 is 0 Å². The van der Waals surface area contributed by atoms with Gasteiger partial charge in [0.2, 0.25) is 11.8 Å². The molecular weight excluding hydrogens is 338 g/mol. The third-order valence-electron chi connectivity index (χ3n) is 4.58. The zero-order chi connectivity index (χ0) is 18.5. The topological polar surface area (TPSA) is 98.7 Å². The first-order valence-corrected chi connectivity index (χ1v) is 8.89. The van der Waals surface area contributed by atoms with Gasteiger partial charge in [0.15, 0.2) is 0 Å². The van der Waals surface area contributed by atoms with Crippen molar-refractivity contribution in [1.29, 1.82) is 0 Å². The van der Waals surface area contributed by atoms with E-state index in [9.17, 15) is 9.59 Å². The molecule has 0 bridgehead atoms. The van der Waals surface area contributed by atoms with E-state index in [-0.39, 0.29) is 17.8 Å². The zero-order valence-electron chi connectivity index (χ0n) is 15.1.